The molecule has 1 fully saturated rings. The van der Waals surface area contributed by atoms with E-state index in [0.29, 0.717) is 11.5 Å². The molecule has 0 aromatic heterocycles. The largest absolute Gasteiger partial charge is 0.454 e. The van der Waals surface area contributed by atoms with Gasteiger partial charge < -0.3 is 14.2 Å². The molecule has 1 aromatic rings. The highest BCUT2D eigenvalue weighted by Crippen LogP contribution is 2.50. The Morgan fingerprint density at radius 2 is 1.94 bits per heavy atom. The van der Waals surface area contributed by atoms with Crippen molar-refractivity contribution in [1.82, 2.24) is 0 Å². The molecule has 78 valence electrons. The Morgan fingerprint density at radius 1 is 1.19 bits per heavy atom. The normalized spacial score (nSPS) is 23.2. The van der Waals surface area contributed by atoms with E-state index in [1.807, 2.05) is 12.1 Å². The lowest BCUT2D eigenvalue weighted by Gasteiger charge is -1.98. The van der Waals surface area contributed by atoms with Crippen LogP contribution in [0.5, 0.6) is 11.5 Å². The topological polar surface area (TPSA) is 78.6 Å². The van der Waals surface area contributed by atoms with Gasteiger partial charge in [0.15, 0.2) is 11.5 Å². The summed E-state index contributed by atoms with van der Waals surface area (Å²) in [7, 11) is 0. The first-order chi connectivity index (χ1) is 7.79. The second kappa shape index (κ2) is 2.88. The molecule has 1 unspecified atom stereocenters. The number of ether oxygens (including phenoxy) is 3. The van der Waals surface area contributed by atoms with Crippen LogP contribution in [0.4, 0.5) is 0 Å². The Balaban J connectivity index is 1.94. The third kappa shape index (κ3) is 1.06. The van der Waals surface area contributed by atoms with Gasteiger partial charge in [0.05, 0.1) is 0 Å². The fourth-order valence-electron chi connectivity index (χ4n) is 1.73. The van der Waals surface area contributed by atoms with Gasteiger partial charge >= 0.3 is 0 Å². The van der Waals surface area contributed by atoms with Crippen molar-refractivity contribution in [2.24, 2.45) is 0 Å². The molecule has 0 N–H and O–H groups in total. The van der Waals surface area contributed by atoms with E-state index in [2.05, 4.69) is 0 Å². The average Bonchev–Trinajstić information content (AvgIpc) is 2.89. The highest BCUT2D eigenvalue weighted by Gasteiger charge is 2.59. The van der Waals surface area contributed by atoms with Crippen molar-refractivity contribution in [3.8, 4) is 23.6 Å². The molecule has 5 nitrogen and oxygen atoms in total. The molecule has 3 rings (SSSR count). The zero-order valence-corrected chi connectivity index (χ0v) is 8.14. The number of fused-ring (bicyclic) bond motifs is 1. The molecule has 1 atom stereocenters. The Kier molecular flexibility index (Phi) is 1.62. The number of nitriles is 2. The summed E-state index contributed by atoms with van der Waals surface area (Å²) in [5.74, 6) is 1.29. The Labute approximate surface area is 91.4 Å². The molecule has 0 amide bonds. The van der Waals surface area contributed by atoms with Crippen molar-refractivity contribution in [2.75, 3.05) is 6.79 Å². The lowest BCUT2D eigenvalue weighted by Crippen LogP contribution is -2.04. The summed E-state index contributed by atoms with van der Waals surface area (Å²) in [5.41, 5.74) is -0.569. The SMILES string of the molecule is N#CC1(C#N)OC1c1ccc2c(c1)OCO2. The molecule has 1 aromatic carbocycles. The summed E-state index contributed by atoms with van der Waals surface area (Å²) in [4.78, 5) is 0. The van der Waals surface area contributed by atoms with Crippen LogP contribution in [-0.4, -0.2) is 12.4 Å². The zero-order chi connectivity index (χ0) is 11.2. The summed E-state index contributed by atoms with van der Waals surface area (Å²) in [6.07, 6.45) is -0.489. The first kappa shape index (κ1) is 9.02. The molecule has 0 bridgehead atoms. The van der Waals surface area contributed by atoms with Gasteiger partial charge in [0, 0.05) is 0 Å². The third-order valence-electron chi connectivity index (χ3n) is 2.65. The van der Waals surface area contributed by atoms with Crippen LogP contribution in [0.3, 0.4) is 0 Å². The van der Waals surface area contributed by atoms with Crippen molar-refractivity contribution >= 4 is 0 Å². The summed E-state index contributed by atoms with van der Waals surface area (Å²) in [6, 6.07) is 8.99. The first-order valence-corrected chi connectivity index (χ1v) is 4.69. The van der Waals surface area contributed by atoms with Gasteiger partial charge in [-0.05, 0) is 17.7 Å². The van der Waals surface area contributed by atoms with Crippen LogP contribution >= 0.6 is 0 Å². The van der Waals surface area contributed by atoms with Crippen molar-refractivity contribution in [3.63, 3.8) is 0 Å². The van der Waals surface area contributed by atoms with E-state index in [-0.39, 0.29) is 6.79 Å². The fraction of sp³-hybridized carbons (Fsp3) is 0.273. The molecule has 2 aliphatic heterocycles. The van der Waals surface area contributed by atoms with E-state index in [1.54, 1.807) is 18.2 Å². The summed E-state index contributed by atoms with van der Waals surface area (Å²) >= 11 is 0. The number of hydrogen-bond acceptors (Lipinski definition) is 5. The van der Waals surface area contributed by atoms with E-state index in [1.165, 1.54) is 0 Å². The minimum absolute atomic E-state index is 0.200. The molecule has 0 aliphatic carbocycles. The molecular weight excluding hydrogens is 208 g/mol. The van der Waals surface area contributed by atoms with E-state index in [4.69, 9.17) is 24.7 Å². The average molecular weight is 214 g/mol. The third-order valence-corrected chi connectivity index (χ3v) is 2.65. The lowest BCUT2D eigenvalue weighted by atomic mass is 10.0. The maximum absolute atomic E-state index is 8.83. The highest BCUT2D eigenvalue weighted by molar-refractivity contribution is 5.48. The summed E-state index contributed by atoms with van der Waals surface area (Å²) in [6.45, 7) is 0.200. The molecular formula is C11H6N2O3. The van der Waals surface area contributed by atoms with Crippen molar-refractivity contribution in [3.05, 3.63) is 23.8 Å². The summed E-state index contributed by atoms with van der Waals surface area (Å²) in [5, 5.41) is 17.7. The highest BCUT2D eigenvalue weighted by atomic mass is 16.7. The van der Waals surface area contributed by atoms with Crippen molar-refractivity contribution in [1.29, 1.82) is 10.5 Å². The van der Waals surface area contributed by atoms with Crippen molar-refractivity contribution in [2.45, 2.75) is 11.7 Å². The van der Waals surface area contributed by atoms with Crippen molar-refractivity contribution < 1.29 is 14.2 Å². The van der Waals surface area contributed by atoms with Gasteiger partial charge in [0.25, 0.3) is 5.60 Å². The Morgan fingerprint density at radius 3 is 2.62 bits per heavy atom. The fourth-order valence-corrected chi connectivity index (χ4v) is 1.73. The second-order valence-corrected chi connectivity index (χ2v) is 3.57. The predicted molar refractivity (Wildman–Crippen MR) is 50.3 cm³/mol. The maximum Gasteiger partial charge on any atom is 0.272 e. The molecule has 0 saturated carbocycles. The number of epoxide rings is 1. The van der Waals surface area contributed by atoms with E-state index >= 15 is 0 Å². The molecule has 0 spiro atoms. The molecule has 0 radical (unpaired) electrons. The Bertz CT molecular complexity index is 527. The summed E-state index contributed by atoms with van der Waals surface area (Å²) < 4.78 is 15.5. The number of benzene rings is 1. The zero-order valence-electron chi connectivity index (χ0n) is 8.14. The minimum Gasteiger partial charge on any atom is -0.454 e. The number of hydrogen-bond donors (Lipinski definition) is 0. The van der Waals surface area contributed by atoms with Crippen LogP contribution in [0, 0.1) is 22.7 Å². The van der Waals surface area contributed by atoms with E-state index in [0.717, 1.165) is 5.56 Å². The van der Waals surface area contributed by atoms with Gasteiger partial charge in [-0.1, -0.05) is 6.07 Å². The van der Waals surface area contributed by atoms with Gasteiger partial charge in [0.1, 0.15) is 18.2 Å². The molecule has 1 saturated heterocycles. The van der Waals surface area contributed by atoms with Crippen LogP contribution in [0.25, 0.3) is 0 Å². The second-order valence-electron chi connectivity index (χ2n) is 3.57. The van der Waals surface area contributed by atoms with E-state index < -0.39 is 11.7 Å². The van der Waals surface area contributed by atoms with Crippen LogP contribution in [0.2, 0.25) is 0 Å². The van der Waals surface area contributed by atoms with Crippen LogP contribution in [-0.2, 0) is 4.74 Å². The molecule has 16 heavy (non-hydrogen) atoms. The van der Waals surface area contributed by atoms with Gasteiger partial charge in [0.2, 0.25) is 6.79 Å². The van der Waals surface area contributed by atoms with Crippen LogP contribution in [0.1, 0.15) is 11.7 Å². The number of nitrogens with zero attached hydrogens (tertiary/aromatic N) is 2. The Hall–Kier alpha value is -2.24. The lowest BCUT2D eigenvalue weighted by molar-refractivity contribution is 0.174. The van der Waals surface area contributed by atoms with Crippen LogP contribution in [0.15, 0.2) is 18.2 Å². The minimum atomic E-state index is -1.33. The predicted octanol–water partition coefficient (Wildman–Crippen LogP) is 1.27. The molecule has 2 aliphatic rings. The number of rotatable bonds is 1. The quantitative estimate of drug-likeness (QED) is 0.658. The van der Waals surface area contributed by atoms with E-state index in [9.17, 15) is 0 Å². The van der Waals surface area contributed by atoms with Gasteiger partial charge in [-0.25, -0.2) is 0 Å². The smallest absolute Gasteiger partial charge is 0.272 e. The maximum atomic E-state index is 8.83. The van der Waals surface area contributed by atoms with Gasteiger partial charge in [-0.3, -0.25) is 0 Å². The molecule has 2 heterocycles. The monoisotopic (exact) mass is 214 g/mol. The standard InChI is InChI=1S/C11H6N2O3/c12-4-11(5-13)10(16-11)7-1-2-8-9(3-7)15-6-14-8/h1-3,10H,6H2. The van der Waals surface area contributed by atoms with Gasteiger partial charge in [-0.15, -0.1) is 0 Å². The van der Waals surface area contributed by atoms with Gasteiger partial charge in [-0.2, -0.15) is 10.5 Å². The first-order valence-electron chi connectivity index (χ1n) is 4.69. The van der Waals surface area contributed by atoms with Crippen LogP contribution < -0.4 is 9.47 Å². The molecule has 5 heteroatoms.